The van der Waals surface area contributed by atoms with E-state index in [1.54, 1.807) is 24.1 Å². The monoisotopic (exact) mass is 245 g/mol. The minimum absolute atomic E-state index is 0.478. The molecule has 1 amide bonds. The molecule has 0 aliphatic carbocycles. The number of halogens is 2. The number of alkyl halides is 2. The van der Waals surface area contributed by atoms with Crippen LogP contribution in [0.2, 0.25) is 0 Å². The summed E-state index contributed by atoms with van der Waals surface area (Å²) in [6.45, 7) is -0.478. The van der Waals surface area contributed by atoms with Gasteiger partial charge in [0.25, 0.3) is 6.43 Å². The zero-order valence-electron chi connectivity index (χ0n) is 9.18. The first-order valence-corrected chi connectivity index (χ1v) is 4.90. The van der Waals surface area contributed by atoms with Crippen LogP contribution in [0.1, 0.15) is 5.56 Å². The van der Waals surface area contributed by atoms with E-state index in [1.807, 2.05) is 0 Å². The van der Waals surface area contributed by atoms with Crippen LogP contribution in [0.3, 0.4) is 0 Å². The lowest BCUT2D eigenvalue weighted by atomic mass is 10.3. The van der Waals surface area contributed by atoms with Crippen molar-refractivity contribution in [1.82, 2.24) is 15.1 Å². The highest BCUT2D eigenvalue weighted by Crippen LogP contribution is 2.00. The molecule has 1 aromatic rings. The number of hydrogen-bond acceptors (Lipinski definition) is 3. The number of carbonyl (C=O) groups is 1. The summed E-state index contributed by atoms with van der Waals surface area (Å²) >= 11 is 0. The largest absolute Gasteiger partial charge is 0.385 e. The third kappa shape index (κ3) is 4.73. The van der Waals surface area contributed by atoms with Crippen molar-refractivity contribution in [3.05, 3.63) is 24.0 Å². The van der Waals surface area contributed by atoms with Crippen molar-refractivity contribution in [2.24, 2.45) is 7.05 Å². The maximum atomic E-state index is 11.9. The number of nitrogens with one attached hydrogen (secondary N) is 1. The third-order valence-electron chi connectivity index (χ3n) is 1.93. The van der Waals surface area contributed by atoms with Gasteiger partial charge in [0, 0.05) is 31.4 Å². The van der Waals surface area contributed by atoms with Crippen LogP contribution in [0, 0.1) is 0 Å². The number of aromatic nitrogens is 2. The van der Waals surface area contributed by atoms with E-state index in [2.05, 4.69) is 10.4 Å². The summed E-state index contributed by atoms with van der Waals surface area (Å²) in [6, 6.07) is 0. The van der Waals surface area contributed by atoms with Crippen molar-refractivity contribution in [3.8, 4) is 0 Å². The fourth-order valence-electron chi connectivity index (χ4n) is 1.05. The first-order chi connectivity index (χ1) is 7.99. The molecule has 17 heavy (non-hydrogen) atoms. The van der Waals surface area contributed by atoms with Crippen LogP contribution < -0.4 is 5.32 Å². The van der Waals surface area contributed by atoms with Crippen LogP contribution in [0.4, 0.5) is 8.78 Å². The fraction of sp³-hybridized carbons (Fsp3) is 0.400. The summed E-state index contributed by atoms with van der Waals surface area (Å²) in [5, 5.41) is 14.8. The van der Waals surface area contributed by atoms with Gasteiger partial charge in [-0.1, -0.05) is 0 Å². The van der Waals surface area contributed by atoms with Crippen molar-refractivity contribution in [3.63, 3.8) is 0 Å². The fourth-order valence-corrected chi connectivity index (χ4v) is 1.05. The average Bonchev–Trinajstić information content (AvgIpc) is 2.69. The van der Waals surface area contributed by atoms with E-state index in [0.717, 1.165) is 5.56 Å². The Bertz CT molecular complexity index is 404. The molecule has 0 saturated heterocycles. The van der Waals surface area contributed by atoms with Crippen molar-refractivity contribution in [2.45, 2.75) is 12.5 Å². The quantitative estimate of drug-likeness (QED) is 0.727. The second kappa shape index (κ2) is 6.09. The minimum Gasteiger partial charge on any atom is -0.385 e. The van der Waals surface area contributed by atoms with Gasteiger partial charge in [0.05, 0.1) is 6.20 Å². The molecule has 1 heterocycles. The highest BCUT2D eigenvalue weighted by atomic mass is 19.3. The Kier molecular flexibility index (Phi) is 4.77. The zero-order chi connectivity index (χ0) is 12.8. The van der Waals surface area contributed by atoms with Gasteiger partial charge in [0.2, 0.25) is 5.91 Å². The molecular weight excluding hydrogens is 232 g/mol. The summed E-state index contributed by atoms with van der Waals surface area (Å²) in [5.74, 6) is -0.548. The third-order valence-corrected chi connectivity index (χ3v) is 1.93. The summed E-state index contributed by atoms with van der Waals surface area (Å²) in [5.41, 5.74) is 0.719. The zero-order valence-corrected chi connectivity index (χ0v) is 9.18. The van der Waals surface area contributed by atoms with Crippen LogP contribution in [-0.4, -0.2) is 39.9 Å². The Morgan fingerprint density at radius 3 is 2.94 bits per heavy atom. The molecule has 0 fully saturated rings. The van der Waals surface area contributed by atoms with E-state index < -0.39 is 25.0 Å². The molecule has 1 atom stereocenters. The van der Waals surface area contributed by atoms with Gasteiger partial charge in [-0.15, -0.1) is 0 Å². The van der Waals surface area contributed by atoms with Crippen molar-refractivity contribution < 1.29 is 18.7 Å². The normalized spacial score (nSPS) is 13.2. The van der Waals surface area contributed by atoms with Crippen molar-refractivity contribution in [1.29, 1.82) is 0 Å². The first-order valence-electron chi connectivity index (χ1n) is 4.90. The topological polar surface area (TPSA) is 67.2 Å². The number of aliphatic hydroxyl groups is 1. The molecule has 0 aromatic carbocycles. The number of nitrogens with zero attached hydrogens (tertiary/aromatic N) is 2. The summed E-state index contributed by atoms with van der Waals surface area (Å²) < 4.78 is 25.4. The molecule has 1 aromatic heterocycles. The van der Waals surface area contributed by atoms with Crippen LogP contribution in [0.5, 0.6) is 0 Å². The Hall–Kier alpha value is -1.76. The van der Waals surface area contributed by atoms with Crippen molar-refractivity contribution >= 4 is 12.0 Å². The van der Waals surface area contributed by atoms with Gasteiger partial charge in [-0.05, 0) is 6.08 Å². The maximum Gasteiger partial charge on any atom is 0.265 e. The van der Waals surface area contributed by atoms with Gasteiger partial charge in [-0.25, -0.2) is 8.78 Å². The Balaban J connectivity index is 2.37. The maximum absolute atomic E-state index is 11.9. The number of carbonyl (C=O) groups excluding carboxylic acids is 1. The Morgan fingerprint density at radius 2 is 2.41 bits per heavy atom. The molecule has 0 aliphatic rings. The van der Waals surface area contributed by atoms with E-state index in [0.29, 0.717) is 0 Å². The summed E-state index contributed by atoms with van der Waals surface area (Å²) in [6.07, 6.45) is 1.23. The predicted octanol–water partition coefficient (Wildman–Crippen LogP) is 0.175. The van der Waals surface area contributed by atoms with Gasteiger partial charge < -0.3 is 10.4 Å². The highest BCUT2D eigenvalue weighted by molar-refractivity contribution is 5.91. The van der Waals surface area contributed by atoms with E-state index in [4.69, 9.17) is 5.11 Å². The van der Waals surface area contributed by atoms with Gasteiger partial charge in [0.15, 0.2) is 0 Å². The van der Waals surface area contributed by atoms with Gasteiger partial charge in [-0.2, -0.15) is 5.10 Å². The number of aliphatic hydroxyl groups excluding tert-OH is 1. The summed E-state index contributed by atoms with van der Waals surface area (Å²) in [4.78, 5) is 11.2. The standard InChI is InChI=1S/C10H13F2N3O2/c1-15-6-7(4-14-15)2-3-9(17)13-5-8(16)10(11)12/h2-4,6,8,10,16H,5H2,1H3,(H,13,17)/b3-2+. The number of amides is 1. The van der Waals surface area contributed by atoms with Crippen LogP contribution in [-0.2, 0) is 11.8 Å². The minimum atomic E-state index is -2.86. The second-order valence-corrected chi connectivity index (χ2v) is 3.43. The summed E-state index contributed by atoms with van der Waals surface area (Å²) in [7, 11) is 1.73. The molecule has 5 nitrogen and oxygen atoms in total. The molecule has 0 spiro atoms. The lowest BCUT2D eigenvalue weighted by Gasteiger charge is -2.08. The van der Waals surface area contributed by atoms with E-state index in [9.17, 15) is 13.6 Å². The van der Waals surface area contributed by atoms with Gasteiger partial charge in [-0.3, -0.25) is 9.48 Å². The lowest BCUT2D eigenvalue weighted by molar-refractivity contribution is -0.117. The van der Waals surface area contributed by atoms with Crippen LogP contribution in [0.15, 0.2) is 18.5 Å². The molecule has 2 N–H and O–H groups in total. The molecule has 7 heteroatoms. The van der Waals surface area contributed by atoms with E-state index >= 15 is 0 Å². The smallest absolute Gasteiger partial charge is 0.265 e. The molecule has 0 aliphatic heterocycles. The average molecular weight is 245 g/mol. The van der Waals surface area contributed by atoms with Crippen LogP contribution >= 0.6 is 0 Å². The Morgan fingerprint density at radius 1 is 1.71 bits per heavy atom. The highest BCUT2D eigenvalue weighted by Gasteiger charge is 2.16. The van der Waals surface area contributed by atoms with Crippen LogP contribution in [0.25, 0.3) is 6.08 Å². The molecule has 0 radical (unpaired) electrons. The molecule has 94 valence electrons. The first kappa shape index (κ1) is 13.3. The molecule has 0 saturated carbocycles. The van der Waals surface area contributed by atoms with Gasteiger partial charge >= 0.3 is 0 Å². The number of aryl methyl sites for hydroxylation is 1. The van der Waals surface area contributed by atoms with E-state index in [1.165, 1.54) is 12.2 Å². The molecule has 0 bridgehead atoms. The lowest BCUT2D eigenvalue weighted by Crippen LogP contribution is -2.34. The molecular formula is C10H13F2N3O2. The van der Waals surface area contributed by atoms with Gasteiger partial charge in [0.1, 0.15) is 6.10 Å². The number of rotatable bonds is 5. The molecule has 1 unspecified atom stereocenters. The Labute approximate surface area is 96.7 Å². The van der Waals surface area contributed by atoms with E-state index in [-0.39, 0.29) is 0 Å². The predicted molar refractivity (Wildman–Crippen MR) is 57.3 cm³/mol. The number of hydrogen-bond donors (Lipinski definition) is 2. The second-order valence-electron chi connectivity index (χ2n) is 3.43. The van der Waals surface area contributed by atoms with Crippen molar-refractivity contribution in [2.75, 3.05) is 6.54 Å². The SMILES string of the molecule is Cn1cc(/C=C/C(=O)NCC(O)C(F)F)cn1. The molecule has 1 rings (SSSR count).